The number of ether oxygens (including phenoxy) is 10. The average molecular weight is 1090 g/mol. The highest BCUT2D eigenvalue weighted by atomic mass is 35.5. The van der Waals surface area contributed by atoms with Crippen molar-refractivity contribution in [3.8, 4) is 50.7 Å². The van der Waals surface area contributed by atoms with E-state index in [-0.39, 0.29) is 79.2 Å². The number of aromatic nitrogens is 4. The summed E-state index contributed by atoms with van der Waals surface area (Å²) in [6.07, 6.45) is 0.113. The number of carbonyl (C=O) groups is 1. The van der Waals surface area contributed by atoms with E-state index in [0.717, 1.165) is 26.2 Å². The maximum Gasteiger partial charge on any atom is 0.345 e. The van der Waals surface area contributed by atoms with Crippen molar-refractivity contribution in [2.45, 2.75) is 63.5 Å². The van der Waals surface area contributed by atoms with Gasteiger partial charge in [0.05, 0.1) is 54.2 Å². The number of rotatable bonds is 16. The number of hydrogen-bond acceptors (Lipinski definition) is 18. The summed E-state index contributed by atoms with van der Waals surface area (Å²) in [7, 11) is 3.74. The molecule has 3 saturated heterocycles. The molecule has 4 bridgehead atoms. The molecule has 0 amide bonds. The molecule has 75 heavy (non-hydrogen) atoms. The Bertz CT molecular complexity index is 2960. The molecule has 6 aromatic rings. The lowest BCUT2D eigenvalue weighted by Crippen LogP contribution is -2.49. The Morgan fingerprint density at radius 2 is 1.61 bits per heavy atom. The Hall–Kier alpha value is -5.52. The first kappa shape index (κ1) is 52.9. The van der Waals surface area contributed by atoms with Crippen LogP contribution < -0.4 is 23.7 Å². The Morgan fingerprint density at radius 3 is 2.37 bits per heavy atom. The van der Waals surface area contributed by atoms with Crippen LogP contribution in [0.2, 0.25) is 10.0 Å². The number of carboxylic acids is 1. The van der Waals surface area contributed by atoms with E-state index in [1.807, 2.05) is 13.8 Å². The van der Waals surface area contributed by atoms with Gasteiger partial charge in [-0.05, 0) is 79.5 Å². The molecule has 8 heterocycles. The van der Waals surface area contributed by atoms with Crippen LogP contribution >= 0.6 is 34.5 Å². The van der Waals surface area contributed by atoms with Crippen molar-refractivity contribution in [1.82, 2.24) is 29.7 Å². The number of nitrogens with zero attached hydrogens (tertiary/aromatic N) is 6. The molecule has 18 nitrogen and oxygen atoms in total. The summed E-state index contributed by atoms with van der Waals surface area (Å²) in [4.78, 5) is 37.1. The predicted octanol–water partition coefficient (Wildman–Crippen LogP) is 7.51. The number of hydrogen-bond donors (Lipinski definition) is 1. The molecule has 3 aromatic carbocycles. The van der Waals surface area contributed by atoms with Crippen molar-refractivity contribution in [3.05, 3.63) is 99.3 Å². The molecule has 0 radical (unpaired) electrons. The van der Waals surface area contributed by atoms with E-state index in [1.54, 1.807) is 49.7 Å². The van der Waals surface area contributed by atoms with Crippen molar-refractivity contribution >= 4 is 50.7 Å². The van der Waals surface area contributed by atoms with E-state index in [9.17, 15) is 14.3 Å². The fourth-order valence-electron chi connectivity index (χ4n) is 9.72. The molecule has 3 aromatic heterocycles. The third kappa shape index (κ3) is 11.9. The maximum atomic E-state index is 14.4. The Labute approximate surface area is 446 Å². The zero-order valence-electron chi connectivity index (χ0n) is 41.8. The van der Waals surface area contributed by atoms with E-state index in [2.05, 4.69) is 36.8 Å². The second-order valence-corrected chi connectivity index (χ2v) is 20.4. The number of thiophene rings is 1. The van der Waals surface area contributed by atoms with Crippen molar-refractivity contribution in [2.24, 2.45) is 0 Å². The minimum atomic E-state index is -1.50. The Kier molecular flexibility index (Phi) is 16.8. The first-order valence-corrected chi connectivity index (χ1v) is 26.3. The van der Waals surface area contributed by atoms with Crippen LogP contribution in [0.4, 0.5) is 4.39 Å². The first-order chi connectivity index (χ1) is 36.4. The van der Waals surface area contributed by atoms with Crippen molar-refractivity contribution in [2.75, 3.05) is 93.1 Å². The molecule has 3 fully saturated rings. The number of aliphatic carboxylic acids is 1. The highest BCUT2D eigenvalue weighted by molar-refractivity contribution is 7.22. The summed E-state index contributed by atoms with van der Waals surface area (Å²) >= 11 is 16.0. The number of likely N-dealkylation sites (N-methyl/N-ethyl adjacent to an activating group) is 1. The molecular weight excluding hydrogens is 1030 g/mol. The molecular formula is C53H57Cl2FN6O12S. The average Bonchev–Trinajstić information content (AvgIpc) is 4.14. The van der Waals surface area contributed by atoms with E-state index >= 15 is 0 Å². The van der Waals surface area contributed by atoms with Crippen LogP contribution in [0.1, 0.15) is 22.4 Å². The van der Waals surface area contributed by atoms with Gasteiger partial charge in [-0.15, -0.1) is 11.3 Å². The number of benzene rings is 3. The van der Waals surface area contributed by atoms with Crippen molar-refractivity contribution < 1.29 is 61.7 Å². The normalized spacial score (nSPS) is 22.1. The summed E-state index contributed by atoms with van der Waals surface area (Å²) in [5.74, 6) is -0.560. The quantitative estimate of drug-likeness (QED) is 0.0937. The summed E-state index contributed by atoms with van der Waals surface area (Å²) < 4.78 is 75.3. The van der Waals surface area contributed by atoms with E-state index in [1.165, 1.54) is 29.8 Å². The van der Waals surface area contributed by atoms with Gasteiger partial charge in [-0.2, -0.15) is 4.98 Å². The van der Waals surface area contributed by atoms with Gasteiger partial charge in [-0.1, -0.05) is 35.3 Å². The third-order valence-corrected chi connectivity index (χ3v) is 15.8. The number of halogens is 3. The predicted molar refractivity (Wildman–Crippen MR) is 276 cm³/mol. The number of fused-ring (bicyclic) bond motifs is 8. The largest absolute Gasteiger partial charge is 0.490 e. The highest BCUT2D eigenvalue weighted by Gasteiger charge is 2.48. The van der Waals surface area contributed by atoms with Gasteiger partial charge < -0.3 is 57.4 Å². The van der Waals surface area contributed by atoms with Crippen LogP contribution in [-0.4, -0.2) is 171 Å². The summed E-state index contributed by atoms with van der Waals surface area (Å²) in [6.45, 7) is 9.81. The zero-order chi connectivity index (χ0) is 52.2. The number of piperazine rings is 1. The number of methoxy groups -OCH3 is 1. The fourth-order valence-corrected chi connectivity index (χ4v) is 11.4. The molecule has 1 N–H and O–H groups in total. The lowest BCUT2D eigenvalue weighted by Gasteiger charge is -2.35. The van der Waals surface area contributed by atoms with Gasteiger partial charge in [0.2, 0.25) is 12.0 Å². The fraction of sp³-hybridized carbons (Fsp3) is 0.453. The van der Waals surface area contributed by atoms with Crippen LogP contribution in [0.3, 0.4) is 0 Å². The second-order valence-electron chi connectivity index (χ2n) is 18.7. The smallest absolute Gasteiger partial charge is 0.345 e. The van der Waals surface area contributed by atoms with Gasteiger partial charge in [-0.3, -0.25) is 4.90 Å². The van der Waals surface area contributed by atoms with Crippen molar-refractivity contribution in [3.63, 3.8) is 0 Å². The monoisotopic (exact) mass is 1090 g/mol. The molecule has 5 aliphatic rings. The maximum absolute atomic E-state index is 14.4. The minimum absolute atomic E-state index is 0.00866. The molecule has 6 atom stereocenters. The Balaban J connectivity index is 0.912. The standard InChI is InChI=1S/C53H57Cl2FN6O12S/c1-29-41-30(2)45(55)48(44(29)54)73-36(23-62-15-13-61(3)14-16-62)25-69-35-9-10-37(70-24-34-11-12-57-53(60-34)68-20-18-66-17-19-67-40-27-72-46-39(65-4)26-71-47(40)46)32(21-35)22-38(52(63)64)74-50-43-42(41)49(75-51(43)59-28-58-50)31-5-7-33(56)8-6-31/h5-12,21,28,36,38-40,46-47H,13-20,22-27H2,1-4H3,(H,63,64)/t36-,38-,39-,40-,46-,47-/m1/s1. The highest BCUT2D eigenvalue weighted by Crippen LogP contribution is 2.53. The van der Waals surface area contributed by atoms with Gasteiger partial charge >= 0.3 is 12.0 Å². The van der Waals surface area contributed by atoms with E-state index in [4.69, 9.17) is 70.6 Å². The molecule has 0 saturated carbocycles. The summed E-state index contributed by atoms with van der Waals surface area (Å²) in [6, 6.07) is 13.1. The minimum Gasteiger partial charge on any atom is -0.490 e. The lowest BCUT2D eigenvalue weighted by atomic mass is 9.92. The number of carboxylic acid groups (broad SMARTS) is 1. The molecule has 22 heteroatoms. The first-order valence-electron chi connectivity index (χ1n) is 24.7. The van der Waals surface area contributed by atoms with Crippen LogP contribution in [0.15, 0.2) is 61.1 Å². The molecule has 0 aliphatic carbocycles. The van der Waals surface area contributed by atoms with Gasteiger partial charge in [0.15, 0.2) is 5.75 Å². The molecule has 5 aliphatic heterocycles. The molecule has 11 rings (SSSR count). The van der Waals surface area contributed by atoms with Crippen LogP contribution in [0.25, 0.3) is 31.8 Å². The lowest BCUT2D eigenvalue weighted by molar-refractivity contribution is -0.145. The molecule has 0 unspecified atom stereocenters. The Morgan fingerprint density at radius 1 is 0.867 bits per heavy atom. The van der Waals surface area contributed by atoms with Crippen molar-refractivity contribution in [1.29, 1.82) is 0 Å². The van der Waals surface area contributed by atoms with Crippen LogP contribution in [0, 0.1) is 19.7 Å². The summed E-state index contributed by atoms with van der Waals surface area (Å²) in [5.41, 5.74) is 4.18. The van der Waals surface area contributed by atoms with E-state index in [0.29, 0.717) is 104 Å². The second kappa shape index (κ2) is 23.8. The van der Waals surface area contributed by atoms with Crippen LogP contribution in [0.5, 0.6) is 29.1 Å². The van der Waals surface area contributed by atoms with Crippen LogP contribution in [-0.2, 0) is 41.5 Å². The molecule has 398 valence electrons. The third-order valence-electron chi connectivity index (χ3n) is 13.7. The van der Waals surface area contributed by atoms with E-state index < -0.39 is 24.0 Å². The van der Waals surface area contributed by atoms with Gasteiger partial charge in [0.25, 0.3) is 0 Å². The zero-order valence-corrected chi connectivity index (χ0v) is 44.1. The SMILES string of the molecule is CO[C@@H]1CO[C@H]2[C@@H]1OC[C@H]2OCCOCCOc1nccc(COc2ccc3cc2C[C@H](C(=O)O)Oc2ncnc4sc(-c5ccc(F)cc5)c(c24)-c2c(C)c(Cl)c(c(Cl)c2C)O[C@H](CN2CCN(C)CC2)CO3)n1. The topological polar surface area (TPSA) is 188 Å². The molecule has 0 spiro atoms. The van der Waals surface area contributed by atoms with Gasteiger partial charge in [0, 0.05) is 68.5 Å². The van der Waals surface area contributed by atoms with Gasteiger partial charge in [0.1, 0.15) is 78.8 Å². The summed E-state index contributed by atoms with van der Waals surface area (Å²) in [5, 5.41) is 11.9. The van der Waals surface area contributed by atoms with Gasteiger partial charge in [-0.25, -0.2) is 24.1 Å².